The molecule has 0 N–H and O–H groups in total. The van der Waals surface area contributed by atoms with Crippen LogP contribution >= 0.6 is 11.8 Å². The highest BCUT2D eigenvalue weighted by atomic mass is 32.2. The van der Waals surface area contributed by atoms with Gasteiger partial charge in [-0.3, -0.25) is 0 Å². The van der Waals surface area contributed by atoms with E-state index in [4.69, 9.17) is 9.40 Å². The summed E-state index contributed by atoms with van der Waals surface area (Å²) in [5.41, 5.74) is 3.29. The summed E-state index contributed by atoms with van der Waals surface area (Å²) in [5.74, 6) is 1.03. The van der Waals surface area contributed by atoms with Crippen LogP contribution in [0.25, 0.3) is 11.0 Å². The maximum Gasteiger partial charge on any atom is 0.243 e. The highest BCUT2D eigenvalue weighted by Crippen LogP contribution is 2.30. The van der Waals surface area contributed by atoms with E-state index in [2.05, 4.69) is 0 Å². The topological polar surface area (TPSA) is 68.3 Å². The van der Waals surface area contributed by atoms with E-state index >= 15 is 0 Å². The molecule has 0 fully saturated rings. The minimum absolute atomic E-state index is 0.221. The van der Waals surface area contributed by atoms with Gasteiger partial charge in [0, 0.05) is 18.8 Å². The number of fused-ring (bicyclic) bond motifs is 1. The van der Waals surface area contributed by atoms with Crippen molar-refractivity contribution in [3.05, 3.63) is 77.5 Å². The molecule has 4 rings (SSSR count). The second-order valence-electron chi connectivity index (χ2n) is 7.66. The largest absolute Gasteiger partial charge is 0.467 e. The van der Waals surface area contributed by atoms with Crippen LogP contribution < -0.4 is 0 Å². The van der Waals surface area contributed by atoms with Crippen LogP contribution in [0, 0.1) is 12.7 Å². The molecule has 0 spiro atoms. The predicted octanol–water partition coefficient (Wildman–Crippen LogP) is 5.45. The molecule has 174 valence electrons. The summed E-state index contributed by atoms with van der Waals surface area (Å²) < 4.78 is 48.7. The normalized spacial score (nSPS) is 12.2. The van der Waals surface area contributed by atoms with E-state index in [1.54, 1.807) is 30.5 Å². The van der Waals surface area contributed by atoms with E-state index in [1.165, 1.54) is 28.2 Å². The van der Waals surface area contributed by atoms with E-state index in [-0.39, 0.29) is 10.7 Å². The Balaban J connectivity index is 1.74. The molecular weight excluding hydrogens is 461 g/mol. The minimum atomic E-state index is -3.59. The van der Waals surface area contributed by atoms with Gasteiger partial charge in [0.05, 0.1) is 28.7 Å². The fourth-order valence-electron chi connectivity index (χ4n) is 3.72. The number of aromatic nitrogens is 2. The van der Waals surface area contributed by atoms with Crippen LogP contribution in [-0.4, -0.2) is 35.4 Å². The lowest BCUT2D eigenvalue weighted by atomic mass is 10.1. The SMILES string of the molecule is CCN(CC)S(=O)(=O)c1ccc2c(c1)nc(SCc1cc(F)ccc1C)n2Cc1ccco1. The molecule has 0 atom stereocenters. The van der Waals surface area contributed by atoms with E-state index in [0.29, 0.717) is 36.1 Å². The van der Waals surface area contributed by atoms with Gasteiger partial charge in [-0.25, -0.2) is 17.8 Å². The molecule has 6 nitrogen and oxygen atoms in total. The van der Waals surface area contributed by atoms with Gasteiger partial charge in [-0.1, -0.05) is 31.7 Å². The van der Waals surface area contributed by atoms with Gasteiger partial charge in [0.1, 0.15) is 11.6 Å². The number of thioether (sulfide) groups is 1. The summed E-state index contributed by atoms with van der Waals surface area (Å²) in [6, 6.07) is 13.5. The van der Waals surface area contributed by atoms with Crippen molar-refractivity contribution in [1.82, 2.24) is 13.9 Å². The molecule has 2 aromatic carbocycles. The Morgan fingerprint density at radius 2 is 1.91 bits per heavy atom. The van der Waals surface area contributed by atoms with Crippen molar-refractivity contribution >= 4 is 32.8 Å². The zero-order valence-corrected chi connectivity index (χ0v) is 20.4. The highest BCUT2D eigenvalue weighted by molar-refractivity contribution is 7.98. The Morgan fingerprint density at radius 1 is 1.12 bits per heavy atom. The Kier molecular flexibility index (Phi) is 6.92. The first kappa shape index (κ1) is 23.5. The molecular formula is C24H26FN3O3S2. The monoisotopic (exact) mass is 487 g/mol. The Bertz CT molecular complexity index is 1360. The standard InChI is InChI=1S/C24H26FN3O3S2/c1-4-27(5-2)33(29,30)21-10-11-23-22(14-21)26-24(28(23)15-20-7-6-12-31-20)32-16-18-13-19(25)9-8-17(18)3/h6-14H,4-5,15-16H2,1-3H3. The van der Waals surface area contributed by atoms with Gasteiger partial charge in [-0.2, -0.15) is 4.31 Å². The van der Waals surface area contributed by atoms with Gasteiger partial charge >= 0.3 is 0 Å². The molecule has 0 amide bonds. The summed E-state index contributed by atoms with van der Waals surface area (Å²) in [6.07, 6.45) is 1.62. The number of furan rings is 1. The van der Waals surface area contributed by atoms with Crippen LogP contribution in [0.5, 0.6) is 0 Å². The Hall–Kier alpha value is -2.62. The molecule has 0 aliphatic carbocycles. The first-order valence-corrected chi connectivity index (χ1v) is 13.2. The van der Waals surface area contributed by atoms with Gasteiger partial charge in [0.25, 0.3) is 0 Å². The molecule has 2 heterocycles. The van der Waals surface area contributed by atoms with Crippen LogP contribution in [0.15, 0.2) is 69.3 Å². The number of hydrogen-bond donors (Lipinski definition) is 0. The number of imidazole rings is 1. The number of hydrogen-bond acceptors (Lipinski definition) is 5. The Labute approximate surface area is 197 Å². The van der Waals surface area contributed by atoms with Gasteiger partial charge in [0.15, 0.2) is 5.16 Å². The highest BCUT2D eigenvalue weighted by Gasteiger charge is 2.23. The van der Waals surface area contributed by atoms with Crippen molar-refractivity contribution in [3.63, 3.8) is 0 Å². The van der Waals surface area contributed by atoms with Crippen molar-refractivity contribution in [2.75, 3.05) is 13.1 Å². The summed E-state index contributed by atoms with van der Waals surface area (Å²) in [6.45, 7) is 6.85. The maximum atomic E-state index is 13.7. The van der Waals surface area contributed by atoms with E-state index in [9.17, 15) is 12.8 Å². The fourth-order valence-corrected chi connectivity index (χ4v) is 6.28. The molecule has 9 heteroatoms. The second-order valence-corrected chi connectivity index (χ2v) is 10.5. The molecule has 0 saturated carbocycles. The minimum Gasteiger partial charge on any atom is -0.467 e. The lowest BCUT2D eigenvalue weighted by Gasteiger charge is -2.18. The summed E-state index contributed by atoms with van der Waals surface area (Å²) in [7, 11) is -3.59. The van der Waals surface area contributed by atoms with Crippen LogP contribution in [0.3, 0.4) is 0 Å². The Morgan fingerprint density at radius 3 is 2.61 bits per heavy atom. The molecule has 0 unspecified atom stereocenters. The fraction of sp³-hybridized carbons (Fsp3) is 0.292. The van der Waals surface area contributed by atoms with E-state index < -0.39 is 10.0 Å². The quantitative estimate of drug-likeness (QED) is 0.294. The average molecular weight is 488 g/mol. The summed E-state index contributed by atoms with van der Waals surface area (Å²) in [4.78, 5) is 4.97. The van der Waals surface area contributed by atoms with Gasteiger partial charge in [0.2, 0.25) is 10.0 Å². The molecule has 0 bridgehead atoms. The van der Waals surface area contributed by atoms with E-state index in [0.717, 1.165) is 22.4 Å². The molecule has 0 radical (unpaired) electrons. The molecule has 0 saturated heterocycles. The van der Waals surface area contributed by atoms with Gasteiger partial charge < -0.3 is 8.98 Å². The van der Waals surface area contributed by atoms with Crippen molar-refractivity contribution < 1.29 is 17.2 Å². The third-order valence-corrected chi connectivity index (χ3v) is 8.66. The number of sulfonamides is 1. The predicted molar refractivity (Wildman–Crippen MR) is 128 cm³/mol. The number of aryl methyl sites for hydroxylation is 1. The van der Waals surface area contributed by atoms with Gasteiger partial charge in [-0.15, -0.1) is 0 Å². The molecule has 33 heavy (non-hydrogen) atoms. The van der Waals surface area contributed by atoms with Crippen LogP contribution in [0.1, 0.15) is 30.7 Å². The van der Waals surface area contributed by atoms with Crippen molar-refractivity contribution in [3.8, 4) is 0 Å². The maximum absolute atomic E-state index is 13.7. The second kappa shape index (κ2) is 9.70. The lowest BCUT2D eigenvalue weighted by Crippen LogP contribution is -2.30. The third-order valence-electron chi connectivity index (χ3n) is 5.59. The molecule has 0 aliphatic rings. The van der Waals surface area contributed by atoms with Gasteiger partial charge in [-0.05, 0) is 60.5 Å². The third kappa shape index (κ3) is 4.85. The number of halogens is 1. The average Bonchev–Trinajstić information content (AvgIpc) is 3.43. The zero-order valence-electron chi connectivity index (χ0n) is 18.8. The first-order valence-electron chi connectivity index (χ1n) is 10.7. The molecule has 0 aliphatic heterocycles. The first-order chi connectivity index (χ1) is 15.8. The van der Waals surface area contributed by atoms with Crippen molar-refractivity contribution in [1.29, 1.82) is 0 Å². The lowest BCUT2D eigenvalue weighted by molar-refractivity contribution is 0.445. The summed E-state index contributed by atoms with van der Waals surface area (Å²) in [5, 5.41) is 0.711. The van der Waals surface area contributed by atoms with Crippen molar-refractivity contribution in [2.45, 2.75) is 43.1 Å². The molecule has 4 aromatic rings. The smallest absolute Gasteiger partial charge is 0.243 e. The zero-order chi connectivity index (χ0) is 23.6. The van der Waals surface area contributed by atoms with Crippen LogP contribution in [-0.2, 0) is 22.3 Å². The van der Waals surface area contributed by atoms with Crippen LogP contribution in [0.4, 0.5) is 4.39 Å². The van der Waals surface area contributed by atoms with E-state index in [1.807, 2.05) is 37.5 Å². The number of rotatable bonds is 9. The van der Waals surface area contributed by atoms with Crippen molar-refractivity contribution in [2.24, 2.45) is 0 Å². The number of benzene rings is 2. The number of nitrogens with zero attached hydrogens (tertiary/aromatic N) is 3. The molecule has 2 aromatic heterocycles. The summed E-state index contributed by atoms with van der Waals surface area (Å²) >= 11 is 1.48. The van der Waals surface area contributed by atoms with Crippen LogP contribution in [0.2, 0.25) is 0 Å².